The standard InChI is InChI=1S/C47H59N8O8P/c1-31(2)55(32(3)4)64(61-27-13-26-48)63-39-28-41(54-30-49-42-43(54)51-45(52-44(42)56)53-46(57)50-36-16-11-8-12-17-36)62-40(39)29-60-47(33-14-9-7-10-15-33,34-18-22-37(58-5)23-19-34)35-20-24-38(59-6)25-21-35/h7,9-10,14-15,18-25,30-32,36,39-41H,8,11-13,16-17,27-29H2,1-6H3,(H3,50,51,52,53,56,57)/t39-,40+,41+,64?/m0/s1. The van der Waals surface area contributed by atoms with Crippen LogP contribution in [-0.4, -0.2) is 88.0 Å². The molecule has 2 aliphatic rings. The fourth-order valence-electron chi connectivity index (χ4n) is 8.60. The van der Waals surface area contributed by atoms with E-state index in [1.807, 2.05) is 78.9 Å². The van der Waals surface area contributed by atoms with Crippen LogP contribution in [0.2, 0.25) is 0 Å². The van der Waals surface area contributed by atoms with E-state index in [0.29, 0.717) is 17.9 Å². The van der Waals surface area contributed by atoms with Crippen molar-refractivity contribution in [2.45, 2.75) is 115 Å². The van der Waals surface area contributed by atoms with Gasteiger partial charge in [0.2, 0.25) is 5.95 Å². The van der Waals surface area contributed by atoms with Crippen LogP contribution < -0.4 is 25.7 Å². The number of aromatic nitrogens is 4. The topological polar surface area (TPSA) is 187 Å². The van der Waals surface area contributed by atoms with Gasteiger partial charge in [0.15, 0.2) is 11.2 Å². The molecule has 7 rings (SSSR count). The molecule has 1 aliphatic carbocycles. The number of nitriles is 1. The van der Waals surface area contributed by atoms with Crippen LogP contribution in [0, 0.1) is 11.3 Å². The van der Waals surface area contributed by atoms with E-state index < -0.39 is 44.2 Å². The van der Waals surface area contributed by atoms with Crippen molar-refractivity contribution in [3.63, 3.8) is 0 Å². The zero-order chi connectivity index (χ0) is 45.2. The number of ether oxygens (including phenoxy) is 4. The summed E-state index contributed by atoms with van der Waals surface area (Å²) in [6, 6.07) is 27.5. The van der Waals surface area contributed by atoms with Crippen molar-refractivity contribution in [3.05, 3.63) is 112 Å². The van der Waals surface area contributed by atoms with Gasteiger partial charge in [-0.05, 0) is 81.5 Å². The third-order valence-corrected chi connectivity index (χ3v) is 13.8. The second-order valence-corrected chi connectivity index (χ2v) is 17.9. The fraction of sp³-hybridized carbons (Fsp3) is 0.468. The molecule has 16 nitrogen and oxygen atoms in total. The van der Waals surface area contributed by atoms with Gasteiger partial charge in [-0.1, -0.05) is 73.9 Å². The summed E-state index contributed by atoms with van der Waals surface area (Å²) in [5.41, 5.74) is 1.23. The highest BCUT2D eigenvalue weighted by atomic mass is 31.2. The van der Waals surface area contributed by atoms with Crippen molar-refractivity contribution >= 4 is 31.7 Å². The van der Waals surface area contributed by atoms with Crippen LogP contribution in [0.4, 0.5) is 10.7 Å². The molecule has 64 heavy (non-hydrogen) atoms. The van der Waals surface area contributed by atoms with Gasteiger partial charge in [-0.2, -0.15) is 10.2 Å². The molecular weight excluding hydrogens is 836 g/mol. The van der Waals surface area contributed by atoms with E-state index in [2.05, 4.69) is 64.0 Å². The van der Waals surface area contributed by atoms with Gasteiger partial charge >= 0.3 is 6.03 Å². The number of anilines is 1. The third-order valence-electron chi connectivity index (χ3n) is 11.6. The van der Waals surface area contributed by atoms with Crippen molar-refractivity contribution in [3.8, 4) is 17.6 Å². The quantitative estimate of drug-likeness (QED) is 0.0408. The molecule has 1 aliphatic heterocycles. The number of hydrogen-bond acceptors (Lipinski definition) is 12. The number of amides is 2. The Hall–Kier alpha value is -5.40. The van der Waals surface area contributed by atoms with Crippen LogP contribution in [0.5, 0.6) is 11.5 Å². The van der Waals surface area contributed by atoms with E-state index in [0.717, 1.165) is 48.8 Å². The number of nitrogens with zero attached hydrogens (tertiary/aromatic N) is 5. The van der Waals surface area contributed by atoms with Gasteiger partial charge in [-0.3, -0.25) is 19.7 Å². The van der Waals surface area contributed by atoms with Crippen molar-refractivity contribution in [2.24, 2.45) is 0 Å². The van der Waals surface area contributed by atoms with E-state index in [1.54, 1.807) is 18.8 Å². The average molecular weight is 895 g/mol. The minimum absolute atomic E-state index is 0.0104. The normalized spacial score (nSPS) is 18.7. The summed E-state index contributed by atoms with van der Waals surface area (Å²) in [5, 5.41) is 15.2. The van der Waals surface area contributed by atoms with Gasteiger partial charge < -0.3 is 33.3 Å². The molecule has 5 aromatic rings. The SMILES string of the molecule is COc1ccc(C(OC[C@H]2O[C@@H](n3cnc4c(=O)[nH]c(NC(=O)NC5CCCCC5)nc43)C[C@@H]2OP(OCCC#N)N(C(C)C)C(C)C)(c2ccccc2)c2ccc(OC)cc2)cc1. The summed E-state index contributed by atoms with van der Waals surface area (Å²) < 4.78 is 42.7. The minimum Gasteiger partial charge on any atom is -0.497 e. The highest BCUT2D eigenvalue weighted by Gasteiger charge is 2.45. The number of aromatic amines is 1. The van der Waals surface area contributed by atoms with Gasteiger partial charge in [-0.15, -0.1) is 0 Å². The number of methoxy groups -OCH3 is 2. The summed E-state index contributed by atoms with van der Waals surface area (Å²) in [7, 11) is 1.56. The Balaban J connectivity index is 1.27. The van der Waals surface area contributed by atoms with E-state index in [9.17, 15) is 14.9 Å². The number of hydrogen-bond donors (Lipinski definition) is 3. The number of rotatable bonds is 19. The van der Waals surface area contributed by atoms with Crippen LogP contribution in [0.1, 0.15) is 95.6 Å². The monoisotopic (exact) mass is 894 g/mol. The first-order valence-electron chi connectivity index (χ1n) is 22.0. The van der Waals surface area contributed by atoms with Gasteiger partial charge in [0.25, 0.3) is 14.1 Å². The zero-order valence-corrected chi connectivity index (χ0v) is 38.3. The van der Waals surface area contributed by atoms with Crippen LogP contribution >= 0.6 is 8.53 Å². The maximum Gasteiger partial charge on any atom is 0.321 e. The number of fused-ring (bicyclic) bond motifs is 1. The van der Waals surface area contributed by atoms with Gasteiger partial charge in [0.05, 0.1) is 52.4 Å². The van der Waals surface area contributed by atoms with E-state index in [1.165, 1.54) is 6.33 Å². The molecule has 0 radical (unpaired) electrons. The van der Waals surface area contributed by atoms with Crippen molar-refractivity contribution < 1.29 is 32.8 Å². The Kier molecular flexibility index (Phi) is 15.7. The zero-order valence-electron chi connectivity index (χ0n) is 37.4. The summed E-state index contributed by atoms with van der Waals surface area (Å²) in [5.74, 6) is 1.39. The molecule has 2 fully saturated rings. The highest BCUT2D eigenvalue weighted by molar-refractivity contribution is 7.44. The molecule has 3 aromatic carbocycles. The molecule has 2 amide bonds. The lowest BCUT2D eigenvalue weighted by Gasteiger charge is -2.39. The summed E-state index contributed by atoms with van der Waals surface area (Å²) in [4.78, 5) is 38.3. The number of benzene rings is 3. The predicted molar refractivity (Wildman–Crippen MR) is 244 cm³/mol. The van der Waals surface area contributed by atoms with Gasteiger partial charge in [0.1, 0.15) is 29.4 Å². The second kappa shape index (κ2) is 21.5. The first-order valence-corrected chi connectivity index (χ1v) is 23.1. The molecule has 4 atom stereocenters. The van der Waals surface area contributed by atoms with E-state index in [4.69, 9.17) is 28.0 Å². The first kappa shape index (κ1) is 46.6. The Morgan fingerprint density at radius 1 is 0.953 bits per heavy atom. The third kappa shape index (κ3) is 10.6. The molecule has 0 bridgehead atoms. The number of carbonyl (C=O) groups is 1. The number of urea groups is 1. The van der Waals surface area contributed by atoms with E-state index >= 15 is 0 Å². The molecule has 3 heterocycles. The largest absolute Gasteiger partial charge is 0.497 e. The molecule has 3 N–H and O–H groups in total. The second-order valence-electron chi connectivity index (χ2n) is 16.5. The maximum absolute atomic E-state index is 13.4. The van der Waals surface area contributed by atoms with Crippen LogP contribution in [0.3, 0.4) is 0 Å². The van der Waals surface area contributed by atoms with Crippen LogP contribution in [0.15, 0.2) is 90.0 Å². The summed E-state index contributed by atoms with van der Waals surface area (Å²) in [6.45, 7) is 8.56. The summed E-state index contributed by atoms with van der Waals surface area (Å²) >= 11 is 0. The van der Waals surface area contributed by atoms with Crippen LogP contribution in [-0.2, 0) is 24.1 Å². The molecule has 1 saturated carbocycles. The lowest BCUT2D eigenvalue weighted by atomic mass is 9.80. The fourth-order valence-corrected chi connectivity index (χ4v) is 10.4. The Bertz CT molecular complexity index is 2330. The minimum atomic E-state index is -1.70. The molecule has 340 valence electrons. The maximum atomic E-state index is 13.4. The lowest BCUT2D eigenvalue weighted by molar-refractivity contribution is -0.0912. The molecule has 17 heteroatoms. The van der Waals surface area contributed by atoms with Crippen LogP contribution in [0.25, 0.3) is 11.2 Å². The van der Waals surface area contributed by atoms with E-state index in [-0.39, 0.29) is 54.9 Å². The predicted octanol–water partition coefficient (Wildman–Crippen LogP) is 8.55. The van der Waals surface area contributed by atoms with Gasteiger partial charge in [0, 0.05) is 24.5 Å². The smallest absolute Gasteiger partial charge is 0.321 e. The number of nitrogens with one attached hydrogen (secondary N) is 3. The lowest BCUT2D eigenvalue weighted by Crippen LogP contribution is -2.39. The van der Waals surface area contributed by atoms with Gasteiger partial charge in [-0.25, -0.2) is 14.4 Å². The highest BCUT2D eigenvalue weighted by Crippen LogP contribution is 2.51. The Morgan fingerprint density at radius 3 is 2.17 bits per heavy atom. The molecule has 2 aromatic heterocycles. The Morgan fingerprint density at radius 2 is 1.58 bits per heavy atom. The Labute approximate surface area is 375 Å². The van der Waals surface area contributed by atoms with Crippen molar-refractivity contribution in [1.82, 2.24) is 29.5 Å². The number of carbonyl (C=O) groups excluding carboxylic acids is 1. The summed E-state index contributed by atoms with van der Waals surface area (Å²) in [6.07, 6.45) is 5.05. The molecule has 1 saturated heterocycles. The number of H-pyrrole nitrogens is 1. The van der Waals surface area contributed by atoms with Crippen molar-refractivity contribution in [2.75, 3.05) is 32.8 Å². The average Bonchev–Trinajstić information content (AvgIpc) is 3.91. The molecular formula is C47H59N8O8P. The van der Waals surface area contributed by atoms with Crippen molar-refractivity contribution in [1.29, 1.82) is 5.26 Å². The molecule has 0 spiro atoms. The molecule has 1 unspecified atom stereocenters. The number of imidazole rings is 1. The first-order chi connectivity index (χ1) is 31.0.